The molecule has 0 unspecified atom stereocenters. The predicted molar refractivity (Wildman–Crippen MR) is 38.8 cm³/mol. The van der Waals surface area contributed by atoms with Gasteiger partial charge in [-0.15, -0.1) is 0 Å². The molecule has 0 saturated carbocycles. The minimum absolute atomic E-state index is 0.0601. The van der Waals surface area contributed by atoms with Crippen LogP contribution in [0.3, 0.4) is 0 Å². The number of thiazole rings is 1. The Balaban J connectivity index is 2.20. The number of ether oxygens (including phenoxy) is 1. The third-order valence-corrected chi connectivity index (χ3v) is 1.76. The van der Waals surface area contributed by atoms with Gasteiger partial charge >= 0.3 is 5.88 Å². The largest absolute Gasteiger partial charge is 0.421 e. The van der Waals surface area contributed by atoms with E-state index in [4.69, 9.17) is 4.74 Å². The highest BCUT2D eigenvalue weighted by molar-refractivity contribution is 7.11. The van der Waals surface area contributed by atoms with Crippen molar-refractivity contribution in [2.45, 2.75) is 0 Å². The first kappa shape index (κ1) is 7.11. The lowest BCUT2D eigenvalue weighted by molar-refractivity contribution is 0.288. The van der Waals surface area contributed by atoms with Gasteiger partial charge in [0.25, 0.3) is 5.19 Å². The van der Waals surface area contributed by atoms with Crippen LogP contribution in [-0.4, -0.2) is 10.1 Å². The molecule has 2 aromatic rings. The zero-order chi connectivity index (χ0) is 8.39. The first-order chi connectivity index (χ1) is 5.86. The van der Waals surface area contributed by atoms with E-state index < -0.39 is 5.88 Å². The van der Waals surface area contributed by atoms with Crippen molar-refractivity contribution < 1.29 is 14.4 Å². The number of hydrogen-bond donors (Lipinski definition) is 0. The Kier molecular flexibility index (Phi) is 1.67. The van der Waals surface area contributed by atoms with E-state index in [9.17, 15) is 5.11 Å². The van der Waals surface area contributed by atoms with E-state index in [1.165, 1.54) is 11.3 Å². The molecule has 1 radical (unpaired) electrons. The van der Waals surface area contributed by atoms with E-state index in [2.05, 4.69) is 14.7 Å². The van der Waals surface area contributed by atoms with Crippen molar-refractivity contribution in [2.75, 3.05) is 0 Å². The molecule has 0 aromatic carbocycles. The van der Waals surface area contributed by atoms with E-state index in [1.54, 1.807) is 11.6 Å². The summed E-state index contributed by atoms with van der Waals surface area (Å²) in [6.07, 6.45) is 2.72. The maximum atomic E-state index is 10.8. The second-order valence-corrected chi connectivity index (χ2v) is 2.74. The Hall–Kier alpha value is -1.56. The molecule has 0 aliphatic heterocycles. The van der Waals surface area contributed by atoms with E-state index in [1.807, 2.05) is 0 Å². The maximum Gasteiger partial charge on any atom is 0.350 e. The average molecular weight is 183 g/mol. The summed E-state index contributed by atoms with van der Waals surface area (Å²) in [7, 11) is 0. The molecule has 5 nitrogen and oxygen atoms in total. The second kappa shape index (κ2) is 2.82. The predicted octanol–water partition coefficient (Wildman–Crippen LogP) is 2.07. The maximum absolute atomic E-state index is 10.8. The molecule has 0 bridgehead atoms. The zero-order valence-corrected chi connectivity index (χ0v) is 6.58. The SMILES string of the molecule is [O]c1nocc1Oc1nccs1. The fourth-order valence-electron chi connectivity index (χ4n) is 0.640. The summed E-state index contributed by atoms with van der Waals surface area (Å²) >= 11 is 1.29. The van der Waals surface area contributed by atoms with Gasteiger partial charge in [-0.2, -0.15) is 0 Å². The van der Waals surface area contributed by atoms with Crippen molar-refractivity contribution in [3.8, 4) is 16.8 Å². The third kappa shape index (κ3) is 1.24. The van der Waals surface area contributed by atoms with Gasteiger partial charge in [-0.1, -0.05) is 11.3 Å². The van der Waals surface area contributed by atoms with Crippen LogP contribution in [0.5, 0.6) is 16.8 Å². The summed E-state index contributed by atoms with van der Waals surface area (Å²) < 4.78 is 9.41. The van der Waals surface area contributed by atoms with Crippen LogP contribution in [0.2, 0.25) is 0 Å². The summed E-state index contributed by atoms with van der Waals surface area (Å²) in [5, 5.41) is 16.1. The fraction of sp³-hybridized carbons (Fsp3) is 0. The molecule has 0 amide bonds. The second-order valence-electron chi connectivity index (χ2n) is 1.88. The molecule has 0 N–H and O–H groups in total. The van der Waals surface area contributed by atoms with E-state index in [0.29, 0.717) is 5.19 Å². The molecule has 0 saturated heterocycles. The quantitative estimate of drug-likeness (QED) is 0.714. The van der Waals surface area contributed by atoms with E-state index in [0.717, 1.165) is 6.26 Å². The van der Waals surface area contributed by atoms with Gasteiger partial charge < -0.3 is 9.26 Å². The van der Waals surface area contributed by atoms with Gasteiger partial charge in [-0.3, -0.25) is 5.11 Å². The lowest BCUT2D eigenvalue weighted by Crippen LogP contribution is -1.79. The molecule has 0 aliphatic rings. The van der Waals surface area contributed by atoms with Gasteiger partial charge in [-0.25, -0.2) is 4.98 Å². The molecule has 0 aliphatic carbocycles. The molecule has 61 valence electrons. The molecule has 0 atom stereocenters. The van der Waals surface area contributed by atoms with E-state index in [-0.39, 0.29) is 5.75 Å². The normalized spacial score (nSPS) is 10.0. The van der Waals surface area contributed by atoms with Gasteiger partial charge in [0.15, 0.2) is 6.26 Å². The first-order valence-corrected chi connectivity index (χ1v) is 3.93. The zero-order valence-electron chi connectivity index (χ0n) is 5.76. The Labute approximate surface area is 71.2 Å². The van der Waals surface area contributed by atoms with Crippen molar-refractivity contribution in [3.63, 3.8) is 0 Å². The highest BCUT2D eigenvalue weighted by atomic mass is 32.1. The lowest BCUT2D eigenvalue weighted by atomic mass is 10.6. The summed E-state index contributed by atoms with van der Waals surface area (Å²) in [6.45, 7) is 0. The number of rotatable bonds is 2. The van der Waals surface area contributed by atoms with E-state index >= 15 is 0 Å². The van der Waals surface area contributed by atoms with Gasteiger partial charge in [-0.05, 0) is 5.16 Å². The smallest absolute Gasteiger partial charge is 0.350 e. The molecular formula is C6H3N2O3S. The summed E-state index contributed by atoms with van der Waals surface area (Å²) in [5.41, 5.74) is 0. The van der Waals surface area contributed by atoms with Crippen LogP contribution in [0.4, 0.5) is 0 Å². The van der Waals surface area contributed by atoms with Crippen LogP contribution in [0.15, 0.2) is 22.4 Å². The molecular weight excluding hydrogens is 180 g/mol. The van der Waals surface area contributed by atoms with Gasteiger partial charge in [0, 0.05) is 11.6 Å². The summed E-state index contributed by atoms with van der Waals surface area (Å²) in [6, 6.07) is 0. The van der Waals surface area contributed by atoms with Crippen LogP contribution < -0.4 is 4.74 Å². The van der Waals surface area contributed by atoms with Gasteiger partial charge in [0.1, 0.15) is 0 Å². The fourth-order valence-corrected chi connectivity index (χ4v) is 1.14. The molecule has 0 fully saturated rings. The number of aromatic nitrogens is 2. The van der Waals surface area contributed by atoms with Crippen LogP contribution in [-0.2, 0) is 5.11 Å². The topological polar surface area (TPSA) is 68.0 Å². The van der Waals surface area contributed by atoms with Crippen molar-refractivity contribution >= 4 is 11.3 Å². The van der Waals surface area contributed by atoms with Crippen LogP contribution in [0.1, 0.15) is 0 Å². The Morgan fingerprint density at radius 3 is 3.08 bits per heavy atom. The van der Waals surface area contributed by atoms with Crippen LogP contribution in [0.25, 0.3) is 0 Å². The Bertz CT molecular complexity index is 357. The minimum Gasteiger partial charge on any atom is -0.421 e. The third-order valence-electron chi connectivity index (χ3n) is 1.11. The molecule has 0 spiro atoms. The average Bonchev–Trinajstić information content (AvgIpc) is 2.65. The molecule has 2 heterocycles. The molecule has 6 heteroatoms. The van der Waals surface area contributed by atoms with Crippen molar-refractivity contribution in [2.24, 2.45) is 0 Å². The van der Waals surface area contributed by atoms with Crippen LogP contribution >= 0.6 is 11.3 Å². The summed E-state index contributed by atoms with van der Waals surface area (Å²) in [4.78, 5) is 3.82. The molecule has 12 heavy (non-hydrogen) atoms. The summed E-state index contributed by atoms with van der Waals surface area (Å²) in [5.74, 6) is -0.463. The number of hydrogen-bond acceptors (Lipinski definition) is 5. The molecule has 2 aromatic heterocycles. The highest BCUT2D eigenvalue weighted by Gasteiger charge is 2.10. The van der Waals surface area contributed by atoms with Crippen molar-refractivity contribution in [3.05, 3.63) is 17.8 Å². The first-order valence-electron chi connectivity index (χ1n) is 3.05. The van der Waals surface area contributed by atoms with Crippen molar-refractivity contribution in [1.29, 1.82) is 0 Å². The minimum atomic E-state index is -0.523. The Morgan fingerprint density at radius 2 is 2.50 bits per heavy atom. The van der Waals surface area contributed by atoms with Gasteiger partial charge in [0.2, 0.25) is 5.75 Å². The standard InChI is InChI=1S/C6H3N2O3S/c9-5-4(3-10-8-5)11-6-7-1-2-12-6/h1-3H. The van der Waals surface area contributed by atoms with Crippen molar-refractivity contribution in [1.82, 2.24) is 10.1 Å². The monoisotopic (exact) mass is 183 g/mol. The Morgan fingerprint density at radius 1 is 1.58 bits per heavy atom. The van der Waals surface area contributed by atoms with Gasteiger partial charge in [0.05, 0.1) is 0 Å². The molecule has 2 rings (SSSR count). The highest BCUT2D eigenvalue weighted by Crippen LogP contribution is 2.30. The lowest BCUT2D eigenvalue weighted by Gasteiger charge is -1.92. The number of nitrogens with zero attached hydrogens (tertiary/aromatic N) is 2. The van der Waals surface area contributed by atoms with Crippen LogP contribution in [0, 0.1) is 0 Å².